The van der Waals surface area contributed by atoms with Crippen LogP contribution >= 0.6 is 12.4 Å². The average Bonchev–Trinajstić information content (AvgIpc) is 3.00. The Morgan fingerprint density at radius 3 is 2.71 bits per heavy atom. The minimum atomic E-state index is 0. The number of aromatic nitrogens is 2. The first kappa shape index (κ1) is 18.5. The van der Waals surface area contributed by atoms with Gasteiger partial charge in [-0.25, -0.2) is 0 Å². The molecular formula is C18H24ClN3O2. The highest BCUT2D eigenvalue weighted by Gasteiger charge is 2.10. The zero-order valence-electron chi connectivity index (χ0n) is 14.0. The standard InChI is InChI=1S/C18H23N3O2.ClH/c1-15-19-18(23-20-15)10-9-16-7-3-4-8-17(16)22-14-13-21-11-5-2-6-12-21;/h3-4,7-10H,2,5-6,11-14H2,1H3;1H/b10-9+;. The maximum atomic E-state index is 5.97. The van der Waals surface area contributed by atoms with E-state index in [1.807, 2.05) is 36.4 Å². The molecule has 1 aliphatic heterocycles. The summed E-state index contributed by atoms with van der Waals surface area (Å²) < 4.78 is 11.1. The van der Waals surface area contributed by atoms with Crippen LogP contribution in [0.5, 0.6) is 5.75 Å². The van der Waals surface area contributed by atoms with Crippen molar-refractivity contribution in [2.45, 2.75) is 26.2 Å². The van der Waals surface area contributed by atoms with Crippen LogP contribution in [0.2, 0.25) is 0 Å². The summed E-state index contributed by atoms with van der Waals surface area (Å²) in [7, 11) is 0. The molecule has 0 atom stereocenters. The Morgan fingerprint density at radius 2 is 1.96 bits per heavy atom. The van der Waals surface area contributed by atoms with E-state index in [2.05, 4.69) is 15.0 Å². The summed E-state index contributed by atoms with van der Waals surface area (Å²) >= 11 is 0. The predicted molar refractivity (Wildman–Crippen MR) is 97.4 cm³/mol. The van der Waals surface area contributed by atoms with Gasteiger partial charge in [0.25, 0.3) is 5.89 Å². The van der Waals surface area contributed by atoms with Crippen molar-refractivity contribution in [1.29, 1.82) is 0 Å². The third-order valence-electron chi connectivity index (χ3n) is 3.98. The fraction of sp³-hybridized carbons (Fsp3) is 0.444. The second-order valence-electron chi connectivity index (χ2n) is 5.80. The molecule has 24 heavy (non-hydrogen) atoms. The van der Waals surface area contributed by atoms with Crippen LogP contribution in [-0.2, 0) is 0 Å². The van der Waals surface area contributed by atoms with Gasteiger partial charge < -0.3 is 9.26 Å². The smallest absolute Gasteiger partial charge is 0.250 e. The van der Waals surface area contributed by atoms with Gasteiger partial charge in [-0.15, -0.1) is 12.4 Å². The molecule has 0 spiro atoms. The quantitative estimate of drug-likeness (QED) is 0.793. The summed E-state index contributed by atoms with van der Waals surface area (Å²) in [6.45, 7) is 5.90. The fourth-order valence-electron chi connectivity index (χ4n) is 2.76. The Kier molecular flexibility index (Phi) is 7.28. The van der Waals surface area contributed by atoms with Crippen molar-refractivity contribution < 1.29 is 9.26 Å². The lowest BCUT2D eigenvalue weighted by Gasteiger charge is -2.26. The van der Waals surface area contributed by atoms with Crippen molar-refractivity contribution in [1.82, 2.24) is 15.0 Å². The first-order valence-corrected chi connectivity index (χ1v) is 8.24. The largest absolute Gasteiger partial charge is 0.492 e. The molecule has 0 unspecified atom stereocenters. The Balaban J connectivity index is 0.00000208. The summed E-state index contributed by atoms with van der Waals surface area (Å²) in [5, 5.41) is 3.78. The highest BCUT2D eigenvalue weighted by molar-refractivity contribution is 5.85. The van der Waals surface area contributed by atoms with Gasteiger partial charge >= 0.3 is 0 Å². The SMILES string of the molecule is Cc1noc(/C=C/c2ccccc2OCCN2CCCCC2)n1.Cl. The number of likely N-dealkylation sites (tertiary alicyclic amines) is 1. The van der Waals surface area contributed by atoms with Gasteiger partial charge in [0.05, 0.1) is 0 Å². The minimum Gasteiger partial charge on any atom is -0.492 e. The molecule has 0 amide bonds. The van der Waals surface area contributed by atoms with Crippen molar-refractivity contribution in [2.75, 3.05) is 26.2 Å². The first-order valence-electron chi connectivity index (χ1n) is 8.24. The average molecular weight is 350 g/mol. The topological polar surface area (TPSA) is 51.4 Å². The number of para-hydroxylation sites is 1. The third-order valence-corrected chi connectivity index (χ3v) is 3.98. The second kappa shape index (κ2) is 9.45. The Morgan fingerprint density at radius 1 is 1.17 bits per heavy atom. The lowest BCUT2D eigenvalue weighted by molar-refractivity contribution is 0.183. The molecule has 1 aromatic carbocycles. The highest BCUT2D eigenvalue weighted by atomic mass is 35.5. The van der Waals surface area contributed by atoms with E-state index in [0.29, 0.717) is 18.3 Å². The zero-order chi connectivity index (χ0) is 15.9. The van der Waals surface area contributed by atoms with Crippen LogP contribution in [0.25, 0.3) is 12.2 Å². The van der Waals surface area contributed by atoms with Gasteiger partial charge in [-0.2, -0.15) is 4.98 Å². The number of nitrogens with zero attached hydrogens (tertiary/aromatic N) is 3. The number of hydrogen-bond donors (Lipinski definition) is 0. The molecule has 1 fully saturated rings. The number of ether oxygens (including phenoxy) is 1. The molecule has 6 heteroatoms. The van der Waals surface area contributed by atoms with Gasteiger partial charge in [0.15, 0.2) is 5.82 Å². The number of benzene rings is 1. The molecule has 1 aliphatic rings. The van der Waals surface area contributed by atoms with Crippen molar-refractivity contribution in [2.24, 2.45) is 0 Å². The number of rotatable bonds is 6. The highest BCUT2D eigenvalue weighted by Crippen LogP contribution is 2.20. The van der Waals surface area contributed by atoms with E-state index in [4.69, 9.17) is 9.26 Å². The number of hydrogen-bond acceptors (Lipinski definition) is 5. The molecule has 0 bridgehead atoms. The number of aryl methyl sites for hydroxylation is 1. The molecule has 1 saturated heterocycles. The lowest BCUT2D eigenvalue weighted by atomic mass is 10.1. The summed E-state index contributed by atoms with van der Waals surface area (Å²) in [5.74, 6) is 2.03. The van der Waals surface area contributed by atoms with E-state index in [1.54, 1.807) is 6.92 Å². The van der Waals surface area contributed by atoms with Gasteiger partial charge in [0, 0.05) is 18.2 Å². The van der Waals surface area contributed by atoms with Gasteiger partial charge in [-0.1, -0.05) is 29.8 Å². The zero-order valence-corrected chi connectivity index (χ0v) is 14.8. The van der Waals surface area contributed by atoms with Gasteiger partial charge in [-0.05, 0) is 45.0 Å². The van der Waals surface area contributed by atoms with Crippen LogP contribution in [-0.4, -0.2) is 41.3 Å². The summed E-state index contributed by atoms with van der Waals surface area (Å²) in [6, 6.07) is 8.01. The van der Waals surface area contributed by atoms with Crippen LogP contribution in [0.3, 0.4) is 0 Å². The van der Waals surface area contributed by atoms with E-state index >= 15 is 0 Å². The van der Waals surface area contributed by atoms with Crippen molar-refractivity contribution in [3.63, 3.8) is 0 Å². The fourth-order valence-corrected chi connectivity index (χ4v) is 2.76. The number of halogens is 1. The molecule has 0 radical (unpaired) electrons. The molecule has 2 heterocycles. The Bertz CT molecular complexity index is 651. The van der Waals surface area contributed by atoms with Crippen molar-refractivity contribution >= 4 is 24.6 Å². The lowest BCUT2D eigenvalue weighted by Crippen LogP contribution is -2.33. The van der Waals surface area contributed by atoms with Crippen molar-refractivity contribution in [3.8, 4) is 5.75 Å². The summed E-state index contributed by atoms with van der Waals surface area (Å²) in [6.07, 6.45) is 7.74. The molecular weight excluding hydrogens is 326 g/mol. The van der Waals surface area contributed by atoms with Crippen LogP contribution < -0.4 is 4.74 Å². The molecule has 5 nitrogen and oxygen atoms in total. The van der Waals surface area contributed by atoms with E-state index in [0.717, 1.165) is 17.9 Å². The van der Waals surface area contributed by atoms with Crippen LogP contribution in [0.1, 0.15) is 36.5 Å². The van der Waals surface area contributed by atoms with E-state index < -0.39 is 0 Å². The van der Waals surface area contributed by atoms with E-state index in [-0.39, 0.29) is 12.4 Å². The Labute approximate surface area is 149 Å². The van der Waals surface area contributed by atoms with Crippen LogP contribution in [0.15, 0.2) is 28.8 Å². The number of piperidine rings is 1. The molecule has 3 rings (SSSR count). The molecule has 0 saturated carbocycles. The summed E-state index contributed by atoms with van der Waals surface area (Å²) in [5.41, 5.74) is 1.02. The maximum Gasteiger partial charge on any atom is 0.250 e. The first-order chi connectivity index (χ1) is 11.3. The molecule has 0 N–H and O–H groups in total. The van der Waals surface area contributed by atoms with Gasteiger partial charge in [0.1, 0.15) is 12.4 Å². The molecule has 130 valence electrons. The van der Waals surface area contributed by atoms with Crippen molar-refractivity contribution in [3.05, 3.63) is 41.5 Å². The normalized spacial score (nSPS) is 15.4. The third kappa shape index (κ3) is 5.35. The van der Waals surface area contributed by atoms with Crippen LogP contribution in [0.4, 0.5) is 0 Å². The summed E-state index contributed by atoms with van der Waals surface area (Å²) in [4.78, 5) is 6.64. The van der Waals surface area contributed by atoms with Gasteiger partial charge in [0.2, 0.25) is 0 Å². The van der Waals surface area contributed by atoms with E-state index in [1.165, 1.54) is 32.4 Å². The monoisotopic (exact) mass is 349 g/mol. The molecule has 2 aromatic rings. The maximum absolute atomic E-state index is 5.97. The molecule has 0 aliphatic carbocycles. The van der Waals surface area contributed by atoms with Crippen LogP contribution in [0, 0.1) is 6.92 Å². The Hall–Kier alpha value is -1.85. The van der Waals surface area contributed by atoms with Gasteiger partial charge in [-0.3, -0.25) is 4.90 Å². The molecule has 1 aromatic heterocycles. The predicted octanol–water partition coefficient (Wildman–Crippen LogP) is 3.83. The minimum absolute atomic E-state index is 0. The second-order valence-corrected chi connectivity index (χ2v) is 5.80. The van der Waals surface area contributed by atoms with E-state index in [9.17, 15) is 0 Å².